The van der Waals surface area contributed by atoms with Crippen molar-refractivity contribution < 1.29 is 4.79 Å². The van der Waals surface area contributed by atoms with E-state index in [1.165, 1.54) is 10.8 Å². The Kier molecular flexibility index (Phi) is 3.95. The van der Waals surface area contributed by atoms with E-state index in [0.29, 0.717) is 15.9 Å². The van der Waals surface area contributed by atoms with Gasteiger partial charge in [0.2, 0.25) is 0 Å². The summed E-state index contributed by atoms with van der Waals surface area (Å²) in [5.74, 6) is 0.416. The molecule has 0 unspecified atom stereocenters. The van der Waals surface area contributed by atoms with E-state index in [2.05, 4.69) is 20.9 Å². The average Bonchev–Trinajstić information content (AvgIpc) is 2.40. The Morgan fingerprint density at radius 2 is 1.89 bits per heavy atom. The smallest absolute Gasteiger partial charge is 0.268 e. The van der Waals surface area contributed by atoms with Crippen LogP contribution in [-0.2, 0) is 6.54 Å². The molecule has 98 valence electrons. The molecular weight excluding hydrogens is 308 g/mol. The van der Waals surface area contributed by atoms with Gasteiger partial charge in [-0.1, -0.05) is 29.8 Å². The van der Waals surface area contributed by atoms with Crippen molar-refractivity contribution in [1.29, 1.82) is 0 Å². The molecule has 19 heavy (non-hydrogen) atoms. The molecule has 2 aromatic rings. The number of aromatic nitrogens is 2. The molecule has 0 saturated heterocycles. The highest BCUT2D eigenvalue weighted by atomic mass is 79.9. The second-order valence-electron chi connectivity index (χ2n) is 4.33. The fourth-order valence-electron chi connectivity index (χ4n) is 1.71. The fraction of sp³-hybridized carbons (Fsp3) is 0.214. The lowest BCUT2D eigenvalue weighted by molar-refractivity contribution is 0.0969. The van der Waals surface area contributed by atoms with E-state index in [1.807, 2.05) is 19.1 Å². The normalized spacial score (nSPS) is 10.5. The van der Waals surface area contributed by atoms with Crippen LogP contribution in [0.1, 0.15) is 21.7 Å². The molecule has 1 aromatic carbocycles. The fourth-order valence-corrected chi connectivity index (χ4v) is 2.03. The number of benzene rings is 1. The van der Waals surface area contributed by atoms with Crippen molar-refractivity contribution in [2.45, 2.75) is 20.4 Å². The monoisotopic (exact) mass is 320 g/mol. The van der Waals surface area contributed by atoms with Gasteiger partial charge in [-0.2, -0.15) is 0 Å². The first kappa shape index (κ1) is 13.7. The van der Waals surface area contributed by atoms with Crippen LogP contribution in [0.4, 0.5) is 0 Å². The number of aryl methyl sites for hydroxylation is 2. The molecule has 0 saturated carbocycles. The maximum Gasteiger partial charge on any atom is 0.268 e. The van der Waals surface area contributed by atoms with Crippen LogP contribution < -0.4 is 5.56 Å². The van der Waals surface area contributed by atoms with Crippen LogP contribution in [0.25, 0.3) is 0 Å². The third-order valence-electron chi connectivity index (χ3n) is 2.88. The zero-order valence-electron chi connectivity index (χ0n) is 10.7. The molecule has 0 bridgehead atoms. The molecule has 1 aromatic heterocycles. The molecule has 0 spiro atoms. The van der Waals surface area contributed by atoms with Gasteiger partial charge in [0.15, 0.2) is 5.78 Å². The summed E-state index contributed by atoms with van der Waals surface area (Å²) >= 11 is 3.13. The highest BCUT2D eigenvalue weighted by Crippen LogP contribution is 2.07. The van der Waals surface area contributed by atoms with Gasteiger partial charge < -0.3 is 0 Å². The average molecular weight is 321 g/mol. The minimum Gasteiger partial charge on any atom is -0.292 e. The third kappa shape index (κ3) is 2.98. The molecule has 0 N–H and O–H groups in total. The van der Waals surface area contributed by atoms with Gasteiger partial charge in [0.25, 0.3) is 5.56 Å². The maximum absolute atomic E-state index is 12.1. The standard InChI is InChI=1S/C14H13BrN2O2/c1-9-3-5-11(6-4-9)13(18)8-17-10(2)16-7-12(15)14(17)19/h3-7H,8H2,1-2H3. The van der Waals surface area contributed by atoms with Crippen molar-refractivity contribution in [3.05, 3.63) is 62.2 Å². The minimum absolute atomic E-state index is 0.000166. The van der Waals surface area contributed by atoms with Gasteiger partial charge in [-0.25, -0.2) is 4.98 Å². The van der Waals surface area contributed by atoms with Gasteiger partial charge in [0.1, 0.15) is 10.3 Å². The third-order valence-corrected chi connectivity index (χ3v) is 3.42. The molecule has 0 fully saturated rings. The van der Waals surface area contributed by atoms with Crippen LogP contribution in [0.3, 0.4) is 0 Å². The summed E-state index contributed by atoms with van der Waals surface area (Å²) in [5, 5.41) is 0. The quantitative estimate of drug-likeness (QED) is 0.816. The minimum atomic E-state index is -0.243. The summed E-state index contributed by atoms with van der Waals surface area (Å²) in [6, 6.07) is 7.29. The van der Waals surface area contributed by atoms with E-state index < -0.39 is 0 Å². The van der Waals surface area contributed by atoms with Crippen molar-refractivity contribution in [3.63, 3.8) is 0 Å². The van der Waals surface area contributed by atoms with E-state index in [1.54, 1.807) is 19.1 Å². The zero-order valence-corrected chi connectivity index (χ0v) is 12.3. The Bertz CT molecular complexity index is 675. The summed E-state index contributed by atoms with van der Waals surface area (Å²) in [6.45, 7) is 3.66. The van der Waals surface area contributed by atoms with Gasteiger partial charge in [-0.15, -0.1) is 0 Å². The van der Waals surface area contributed by atoms with Gasteiger partial charge >= 0.3 is 0 Å². The van der Waals surface area contributed by atoms with Crippen LogP contribution >= 0.6 is 15.9 Å². The largest absolute Gasteiger partial charge is 0.292 e. The lowest BCUT2D eigenvalue weighted by atomic mass is 10.1. The van der Waals surface area contributed by atoms with Gasteiger partial charge in [-0.05, 0) is 29.8 Å². The summed E-state index contributed by atoms with van der Waals surface area (Å²) < 4.78 is 1.72. The molecule has 0 atom stereocenters. The highest BCUT2D eigenvalue weighted by molar-refractivity contribution is 9.10. The number of carbonyl (C=O) groups is 1. The number of carbonyl (C=O) groups excluding carboxylic acids is 1. The lowest BCUT2D eigenvalue weighted by Gasteiger charge is -2.08. The Labute approximate surface area is 119 Å². The summed E-state index contributed by atoms with van der Waals surface area (Å²) in [6.07, 6.45) is 1.45. The van der Waals surface area contributed by atoms with E-state index in [9.17, 15) is 9.59 Å². The molecule has 0 aliphatic rings. The van der Waals surface area contributed by atoms with E-state index in [4.69, 9.17) is 0 Å². The Morgan fingerprint density at radius 1 is 1.26 bits per heavy atom. The number of halogens is 1. The number of ketones is 1. The van der Waals surface area contributed by atoms with Crippen LogP contribution in [0.15, 0.2) is 39.7 Å². The molecule has 0 amide bonds. The number of hydrogen-bond donors (Lipinski definition) is 0. The molecule has 0 aliphatic heterocycles. The Hall–Kier alpha value is -1.75. The first-order valence-electron chi connectivity index (χ1n) is 5.81. The van der Waals surface area contributed by atoms with Crippen LogP contribution in [-0.4, -0.2) is 15.3 Å². The molecule has 0 aliphatic carbocycles. The van der Waals surface area contributed by atoms with Gasteiger partial charge in [-0.3, -0.25) is 14.2 Å². The number of nitrogens with zero attached hydrogens (tertiary/aromatic N) is 2. The van der Waals surface area contributed by atoms with Crippen LogP contribution in [0.5, 0.6) is 0 Å². The van der Waals surface area contributed by atoms with Crippen molar-refractivity contribution in [2.75, 3.05) is 0 Å². The topological polar surface area (TPSA) is 52.0 Å². The highest BCUT2D eigenvalue weighted by Gasteiger charge is 2.11. The van der Waals surface area contributed by atoms with Crippen molar-refractivity contribution in [3.8, 4) is 0 Å². The first-order valence-corrected chi connectivity index (χ1v) is 6.60. The summed E-state index contributed by atoms with van der Waals surface area (Å²) in [4.78, 5) is 28.1. The molecule has 1 heterocycles. The number of rotatable bonds is 3. The molecule has 5 heteroatoms. The zero-order chi connectivity index (χ0) is 14.0. The number of Topliss-reactive ketones (excluding diaryl/α,β-unsaturated/α-hetero) is 1. The number of hydrogen-bond acceptors (Lipinski definition) is 3. The van der Waals surface area contributed by atoms with E-state index >= 15 is 0 Å². The second kappa shape index (κ2) is 5.48. The molecular formula is C14H13BrN2O2. The maximum atomic E-state index is 12.1. The van der Waals surface area contributed by atoms with E-state index in [-0.39, 0.29) is 17.9 Å². The second-order valence-corrected chi connectivity index (χ2v) is 5.19. The molecule has 0 radical (unpaired) electrons. The first-order chi connectivity index (χ1) is 8.99. The van der Waals surface area contributed by atoms with Gasteiger partial charge in [0, 0.05) is 11.8 Å². The van der Waals surface area contributed by atoms with Crippen molar-refractivity contribution >= 4 is 21.7 Å². The van der Waals surface area contributed by atoms with Crippen molar-refractivity contribution in [2.24, 2.45) is 0 Å². The van der Waals surface area contributed by atoms with Gasteiger partial charge in [0.05, 0.1) is 6.54 Å². The summed E-state index contributed by atoms with van der Waals surface area (Å²) in [5.41, 5.74) is 1.44. The predicted molar refractivity (Wildman–Crippen MR) is 76.4 cm³/mol. The Balaban J connectivity index is 2.32. The molecule has 2 rings (SSSR count). The predicted octanol–water partition coefficient (Wildman–Crippen LogP) is 2.51. The van der Waals surface area contributed by atoms with E-state index in [0.717, 1.165) is 5.56 Å². The summed E-state index contributed by atoms with van der Waals surface area (Å²) in [7, 11) is 0. The Morgan fingerprint density at radius 3 is 2.53 bits per heavy atom. The van der Waals surface area contributed by atoms with Crippen molar-refractivity contribution in [1.82, 2.24) is 9.55 Å². The lowest BCUT2D eigenvalue weighted by Crippen LogP contribution is -2.27. The van der Waals surface area contributed by atoms with Crippen LogP contribution in [0, 0.1) is 13.8 Å². The van der Waals surface area contributed by atoms with Crippen LogP contribution in [0.2, 0.25) is 0 Å². The SMILES string of the molecule is Cc1ccc(C(=O)Cn2c(C)ncc(Br)c2=O)cc1. The molecule has 4 nitrogen and oxygen atoms in total.